The van der Waals surface area contributed by atoms with Crippen molar-refractivity contribution in [2.75, 3.05) is 0 Å². The molecular formula is C25H37NO. The van der Waals surface area contributed by atoms with Crippen LogP contribution in [0.25, 0.3) is 0 Å². The summed E-state index contributed by atoms with van der Waals surface area (Å²) in [5.41, 5.74) is 1.58. The van der Waals surface area contributed by atoms with Gasteiger partial charge in [0.05, 0.1) is 11.5 Å². The Morgan fingerprint density at radius 1 is 1.15 bits per heavy atom. The molecule has 0 saturated heterocycles. The Morgan fingerprint density at radius 3 is 2.59 bits per heavy atom. The first kappa shape index (κ1) is 19.2. The van der Waals surface area contributed by atoms with Gasteiger partial charge in [0, 0.05) is 6.42 Å². The molecule has 0 spiro atoms. The number of carbonyl (C=O) groups is 1. The molecular weight excluding hydrogens is 330 g/mol. The maximum Gasteiger partial charge on any atom is 0.155 e. The first-order valence-corrected chi connectivity index (χ1v) is 11.6. The molecule has 0 radical (unpaired) electrons. The van der Waals surface area contributed by atoms with E-state index in [1.165, 1.54) is 31.3 Å². The predicted molar refractivity (Wildman–Crippen MR) is 109 cm³/mol. The minimum atomic E-state index is -0.0864. The van der Waals surface area contributed by atoms with Gasteiger partial charge in [-0.05, 0) is 98.4 Å². The van der Waals surface area contributed by atoms with Crippen LogP contribution in [0.15, 0.2) is 11.6 Å². The topological polar surface area (TPSA) is 40.9 Å². The average molecular weight is 368 g/mol. The molecule has 0 unspecified atom stereocenters. The van der Waals surface area contributed by atoms with E-state index >= 15 is 0 Å². The molecule has 4 aliphatic carbocycles. The number of ketones is 1. The van der Waals surface area contributed by atoms with Crippen LogP contribution in [0.4, 0.5) is 0 Å². The van der Waals surface area contributed by atoms with Gasteiger partial charge in [0.1, 0.15) is 0 Å². The number of hydrogen-bond donors (Lipinski definition) is 0. The fraction of sp³-hybridized carbons (Fsp3) is 0.840. The molecule has 0 N–H and O–H groups in total. The third-order valence-corrected chi connectivity index (χ3v) is 9.47. The Labute approximate surface area is 165 Å². The molecule has 2 nitrogen and oxygen atoms in total. The number of nitrogens with zero attached hydrogens (tertiary/aromatic N) is 1. The van der Waals surface area contributed by atoms with E-state index in [4.69, 9.17) is 0 Å². The maximum absolute atomic E-state index is 12.1. The summed E-state index contributed by atoms with van der Waals surface area (Å²) in [6.07, 6.45) is 12.1. The molecule has 3 saturated carbocycles. The molecule has 0 aromatic heterocycles. The fourth-order valence-electron chi connectivity index (χ4n) is 8.12. The zero-order valence-electron chi connectivity index (χ0n) is 17.8. The Balaban J connectivity index is 1.72. The highest BCUT2D eigenvalue weighted by atomic mass is 16.1. The highest BCUT2D eigenvalue weighted by molar-refractivity contribution is 5.91. The van der Waals surface area contributed by atoms with Crippen molar-refractivity contribution in [3.8, 4) is 6.07 Å². The van der Waals surface area contributed by atoms with Gasteiger partial charge in [-0.25, -0.2) is 0 Å². The fourth-order valence-corrected chi connectivity index (χ4v) is 8.12. The van der Waals surface area contributed by atoms with E-state index in [2.05, 4.69) is 33.8 Å². The number of carbonyl (C=O) groups excluding carboxylic acids is 1. The van der Waals surface area contributed by atoms with Crippen LogP contribution in [0.5, 0.6) is 0 Å². The first-order valence-electron chi connectivity index (χ1n) is 11.6. The van der Waals surface area contributed by atoms with Crippen LogP contribution in [0.1, 0.15) is 85.5 Å². The number of rotatable bonds is 2. The monoisotopic (exact) mass is 367 g/mol. The second-order valence-electron chi connectivity index (χ2n) is 10.5. The molecule has 8 atom stereocenters. The minimum Gasteiger partial charge on any atom is -0.295 e. The van der Waals surface area contributed by atoms with E-state index in [0.29, 0.717) is 35.4 Å². The maximum atomic E-state index is 12.1. The van der Waals surface area contributed by atoms with Crippen molar-refractivity contribution in [3.63, 3.8) is 0 Å². The predicted octanol–water partition coefficient (Wildman–Crippen LogP) is 6.32. The van der Waals surface area contributed by atoms with Crippen molar-refractivity contribution in [2.45, 2.75) is 85.5 Å². The molecule has 4 rings (SSSR count). The summed E-state index contributed by atoms with van der Waals surface area (Å²) in [4.78, 5) is 12.1. The van der Waals surface area contributed by atoms with E-state index in [9.17, 15) is 10.1 Å². The molecule has 0 amide bonds. The van der Waals surface area contributed by atoms with Gasteiger partial charge in [-0.15, -0.1) is 0 Å². The van der Waals surface area contributed by atoms with E-state index in [1.807, 2.05) is 6.08 Å². The normalized spacial score (nSPS) is 49.3. The van der Waals surface area contributed by atoms with Crippen molar-refractivity contribution < 1.29 is 4.79 Å². The third kappa shape index (κ3) is 2.67. The van der Waals surface area contributed by atoms with Crippen molar-refractivity contribution in [1.82, 2.24) is 0 Å². The van der Waals surface area contributed by atoms with Gasteiger partial charge in [-0.1, -0.05) is 33.3 Å². The van der Waals surface area contributed by atoms with Crippen LogP contribution >= 0.6 is 0 Å². The Hall–Kier alpha value is -1.10. The van der Waals surface area contributed by atoms with Gasteiger partial charge in [-0.2, -0.15) is 5.26 Å². The zero-order chi connectivity index (χ0) is 19.4. The zero-order valence-corrected chi connectivity index (χ0v) is 17.8. The molecule has 0 aromatic carbocycles. The Morgan fingerprint density at radius 2 is 1.93 bits per heavy atom. The van der Waals surface area contributed by atoms with Gasteiger partial charge >= 0.3 is 0 Å². The third-order valence-electron chi connectivity index (χ3n) is 9.47. The quantitative estimate of drug-likeness (QED) is 0.573. The highest BCUT2D eigenvalue weighted by Gasteiger charge is 2.73. The number of fused-ring (bicyclic) bond motifs is 4. The number of hydrogen-bond acceptors (Lipinski definition) is 2. The van der Waals surface area contributed by atoms with E-state index in [0.717, 1.165) is 38.0 Å². The Kier molecular flexibility index (Phi) is 4.81. The Bertz CT molecular complexity index is 687. The van der Waals surface area contributed by atoms with Crippen LogP contribution in [-0.4, -0.2) is 5.78 Å². The van der Waals surface area contributed by atoms with Crippen LogP contribution in [0, 0.1) is 57.7 Å². The molecule has 27 heavy (non-hydrogen) atoms. The van der Waals surface area contributed by atoms with Crippen LogP contribution in [0.3, 0.4) is 0 Å². The van der Waals surface area contributed by atoms with Crippen LogP contribution in [0.2, 0.25) is 0 Å². The lowest BCUT2D eigenvalue weighted by Crippen LogP contribution is -2.45. The molecule has 148 valence electrons. The van der Waals surface area contributed by atoms with Gasteiger partial charge in [0.15, 0.2) is 5.78 Å². The number of allylic oxidation sites excluding steroid dienone is 2. The first-order chi connectivity index (χ1) is 12.9. The molecule has 0 aliphatic heterocycles. The largest absolute Gasteiger partial charge is 0.295 e. The van der Waals surface area contributed by atoms with E-state index < -0.39 is 0 Å². The summed E-state index contributed by atoms with van der Waals surface area (Å²) >= 11 is 0. The SMILES string of the molecule is CC[C@]12CC[C@@H](C)[C@H]3CCC(=O)C=C3C[C@@H](C)C[C@@H]1[C@@H]1C[C@@H]1[C@@]2(C#N)CC. The van der Waals surface area contributed by atoms with Gasteiger partial charge in [0.25, 0.3) is 0 Å². The summed E-state index contributed by atoms with van der Waals surface area (Å²) < 4.78 is 0. The summed E-state index contributed by atoms with van der Waals surface area (Å²) in [6.45, 7) is 9.46. The van der Waals surface area contributed by atoms with Crippen molar-refractivity contribution in [3.05, 3.63) is 11.6 Å². The lowest BCUT2D eigenvalue weighted by Gasteiger charge is -2.50. The standard InChI is InChI=1S/C25H37NO/c1-5-24-10-9-17(4)20-8-7-19(27)13-18(20)11-16(3)12-22(24)21-14-23(21)25(24,6-2)15-26/h13,16-17,20-23H,5-12,14H2,1-4H3/t16-,17-,20-,21+,22-,23+,24+,25+/m1/s1. The molecule has 3 fully saturated rings. The van der Waals surface area contributed by atoms with Crippen molar-refractivity contribution in [2.24, 2.45) is 46.3 Å². The molecule has 0 bridgehead atoms. The summed E-state index contributed by atoms with van der Waals surface area (Å²) in [7, 11) is 0. The van der Waals surface area contributed by atoms with Crippen molar-refractivity contribution >= 4 is 5.78 Å². The summed E-state index contributed by atoms with van der Waals surface area (Å²) in [5.74, 6) is 4.35. The van der Waals surface area contributed by atoms with Gasteiger partial charge < -0.3 is 0 Å². The summed E-state index contributed by atoms with van der Waals surface area (Å²) in [5, 5.41) is 10.4. The second-order valence-corrected chi connectivity index (χ2v) is 10.5. The lowest BCUT2D eigenvalue weighted by atomic mass is 9.53. The van der Waals surface area contributed by atoms with Crippen molar-refractivity contribution in [1.29, 1.82) is 5.26 Å². The lowest BCUT2D eigenvalue weighted by molar-refractivity contribution is -0.115. The van der Waals surface area contributed by atoms with Gasteiger partial charge in [0.2, 0.25) is 0 Å². The molecule has 0 heterocycles. The van der Waals surface area contributed by atoms with Crippen LogP contribution < -0.4 is 0 Å². The molecule has 2 heteroatoms. The minimum absolute atomic E-state index is 0.0864. The van der Waals surface area contributed by atoms with E-state index in [-0.39, 0.29) is 10.8 Å². The average Bonchev–Trinajstić information content (AvgIpc) is 3.40. The highest BCUT2D eigenvalue weighted by Crippen LogP contribution is 2.77. The molecule has 0 aromatic rings. The van der Waals surface area contributed by atoms with Crippen LogP contribution in [-0.2, 0) is 4.79 Å². The second kappa shape index (κ2) is 6.75. The van der Waals surface area contributed by atoms with E-state index in [1.54, 1.807) is 0 Å². The molecule has 4 aliphatic rings. The summed E-state index contributed by atoms with van der Waals surface area (Å²) in [6, 6.07) is 2.93. The smallest absolute Gasteiger partial charge is 0.155 e. The van der Waals surface area contributed by atoms with Gasteiger partial charge in [-0.3, -0.25) is 4.79 Å². The number of nitriles is 1.